The average molecular weight is 382 g/mol. The molecule has 3 N–H and O–H groups in total. The summed E-state index contributed by atoms with van der Waals surface area (Å²) < 4.78 is 1.93. The number of hydrogen-bond donors (Lipinski definition) is 2. The zero-order valence-corrected chi connectivity index (χ0v) is 15.4. The van der Waals surface area contributed by atoms with Gasteiger partial charge in [-0.05, 0) is 24.6 Å². The van der Waals surface area contributed by atoms with Crippen molar-refractivity contribution in [2.75, 3.05) is 0 Å². The van der Waals surface area contributed by atoms with Gasteiger partial charge in [-0.25, -0.2) is 4.79 Å². The molecule has 27 heavy (non-hydrogen) atoms. The molecule has 0 unspecified atom stereocenters. The van der Waals surface area contributed by atoms with Gasteiger partial charge in [0.2, 0.25) is 5.91 Å². The van der Waals surface area contributed by atoms with Crippen LogP contribution in [0.3, 0.4) is 0 Å². The number of nitrogens with one attached hydrogen (secondary N) is 1. The van der Waals surface area contributed by atoms with E-state index in [9.17, 15) is 9.59 Å². The first-order valence-electron chi connectivity index (χ1n) is 8.19. The molecule has 3 aromatic rings. The Bertz CT molecular complexity index is 930. The predicted molar refractivity (Wildman–Crippen MR) is 102 cm³/mol. The summed E-state index contributed by atoms with van der Waals surface area (Å²) in [5.74, 6) is 0.193. The Hall–Kier alpha value is -3.20. The molecular weight excluding hydrogens is 364 g/mol. The fourth-order valence-corrected chi connectivity index (χ4v) is 3.28. The predicted octanol–water partition coefficient (Wildman–Crippen LogP) is 2.06. The van der Waals surface area contributed by atoms with Gasteiger partial charge in [-0.2, -0.15) is 0 Å². The van der Waals surface area contributed by atoms with Gasteiger partial charge in [-0.3, -0.25) is 19.7 Å². The average Bonchev–Trinajstić information content (AvgIpc) is 3.05. The Labute approximate surface area is 160 Å². The molecule has 0 aliphatic heterocycles. The number of pyridine rings is 1. The van der Waals surface area contributed by atoms with Crippen LogP contribution in [0.25, 0.3) is 11.4 Å². The van der Waals surface area contributed by atoms with E-state index in [1.807, 2.05) is 47.0 Å². The summed E-state index contributed by atoms with van der Waals surface area (Å²) in [6.07, 6.45) is 3.37. The van der Waals surface area contributed by atoms with Crippen LogP contribution in [0, 0.1) is 0 Å². The zero-order valence-electron chi connectivity index (χ0n) is 14.6. The lowest BCUT2D eigenvalue weighted by molar-refractivity contribution is -0.119. The first-order chi connectivity index (χ1) is 13.0. The molecule has 3 rings (SSSR count). The first kappa shape index (κ1) is 18.6. The van der Waals surface area contributed by atoms with E-state index in [2.05, 4.69) is 20.5 Å². The molecule has 0 saturated carbocycles. The van der Waals surface area contributed by atoms with E-state index in [0.717, 1.165) is 11.1 Å². The number of nitrogens with two attached hydrogens (primary N) is 1. The Kier molecular flexibility index (Phi) is 5.82. The van der Waals surface area contributed by atoms with Crippen molar-refractivity contribution in [1.29, 1.82) is 0 Å². The highest BCUT2D eigenvalue weighted by Crippen LogP contribution is 2.27. The summed E-state index contributed by atoms with van der Waals surface area (Å²) in [4.78, 5) is 26.9. The largest absolute Gasteiger partial charge is 0.351 e. The number of primary amides is 1. The number of rotatable bonds is 6. The van der Waals surface area contributed by atoms with Gasteiger partial charge in [-0.15, -0.1) is 10.2 Å². The summed E-state index contributed by atoms with van der Waals surface area (Å²) in [6, 6.07) is 12.7. The van der Waals surface area contributed by atoms with Crippen LogP contribution in [-0.2, 0) is 11.3 Å². The van der Waals surface area contributed by atoms with Gasteiger partial charge in [0.25, 0.3) is 0 Å². The van der Waals surface area contributed by atoms with Crippen molar-refractivity contribution < 1.29 is 9.59 Å². The molecule has 0 spiro atoms. The Morgan fingerprint density at radius 3 is 2.52 bits per heavy atom. The minimum absolute atomic E-state index is 0.479. The minimum Gasteiger partial charge on any atom is -0.351 e. The lowest BCUT2D eigenvalue weighted by Crippen LogP contribution is -2.39. The van der Waals surface area contributed by atoms with Crippen LogP contribution in [0.15, 0.2) is 60.0 Å². The molecule has 9 heteroatoms. The second-order valence-electron chi connectivity index (χ2n) is 5.73. The summed E-state index contributed by atoms with van der Waals surface area (Å²) in [6.45, 7) is 2.22. The number of amides is 3. The normalized spacial score (nSPS) is 11.7. The molecule has 1 aromatic carbocycles. The maximum absolute atomic E-state index is 12.0. The number of benzene rings is 1. The summed E-state index contributed by atoms with van der Waals surface area (Å²) in [5, 5.41) is 10.6. The third kappa shape index (κ3) is 4.70. The van der Waals surface area contributed by atoms with E-state index in [-0.39, 0.29) is 0 Å². The second kappa shape index (κ2) is 8.45. The van der Waals surface area contributed by atoms with E-state index in [1.165, 1.54) is 11.8 Å². The van der Waals surface area contributed by atoms with Crippen molar-refractivity contribution in [3.8, 4) is 11.4 Å². The molecule has 8 nitrogen and oxygen atoms in total. The Morgan fingerprint density at radius 1 is 1.15 bits per heavy atom. The molecule has 2 aromatic heterocycles. The molecule has 0 radical (unpaired) electrons. The van der Waals surface area contributed by atoms with Crippen LogP contribution in [0.1, 0.15) is 12.5 Å². The minimum atomic E-state index is -0.879. The van der Waals surface area contributed by atoms with Gasteiger partial charge in [0.05, 0.1) is 11.8 Å². The van der Waals surface area contributed by atoms with Crippen molar-refractivity contribution in [1.82, 2.24) is 25.1 Å². The number of carbonyl (C=O) groups is 2. The van der Waals surface area contributed by atoms with Gasteiger partial charge in [0.1, 0.15) is 0 Å². The smallest absolute Gasteiger partial charge is 0.318 e. The number of aromatic nitrogens is 4. The van der Waals surface area contributed by atoms with E-state index in [1.54, 1.807) is 19.3 Å². The number of carbonyl (C=O) groups excluding carboxylic acids is 2. The van der Waals surface area contributed by atoms with E-state index in [4.69, 9.17) is 5.73 Å². The van der Waals surface area contributed by atoms with Crippen LogP contribution >= 0.6 is 11.8 Å². The molecule has 138 valence electrons. The number of imide groups is 1. The van der Waals surface area contributed by atoms with Crippen LogP contribution in [0.4, 0.5) is 4.79 Å². The van der Waals surface area contributed by atoms with Gasteiger partial charge < -0.3 is 5.73 Å². The van der Waals surface area contributed by atoms with Gasteiger partial charge in [0.15, 0.2) is 11.0 Å². The Balaban J connectivity index is 1.92. The molecular formula is C18H18N6O2S. The maximum atomic E-state index is 12.0. The summed E-state index contributed by atoms with van der Waals surface area (Å²) >= 11 is 1.21. The third-order valence-electron chi connectivity index (χ3n) is 3.74. The highest BCUT2D eigenvalue weighted by atomic mass is 32.2. The fraction of sp³-hybridized carbons (Fsp3) is 0.167. The SMILES string of the molecule is C[C@@H](Sc1nnc(-c2ccncc2)n1Cc1ccccc1)C(=O)NC(N)=O. The monoisotopic (exact) mass is 382 g/mol. The number of urea groups is 1. The molecule has 1 atom stereocenters. The van der Waals surface area contributed by atoms with Gasteiger partial charge in [0, 0.05) is 18.0 Å². The molecule has 0 fully saturated rings. The topological polar surface area (TPSA) is 116 Å². The van der Waals surface area contributed by atoms with E-state index < -0.39 is 17.2 Å². The van der Waals surface area contributed by atoms with Crippen LogP contribution in [0.5, 0.6) is 0 Å². The Morgan fingerprint density at radius 2 is 1.85 bits per heavy atom. The van der Waals surface area contributed by atoms with E-state index >= 15 is 0 Å². The lowest BCUT2D eigenvalue weighted by atomic mass is 10.2. The van der Waals surface area contributed by atoms with Gasteiger partial charge >= 0.3 is 6.03 Å². The summed E-state index contributed by atoms with van der Waals surface area (Å²) in [7, 11) is 0. The molecule has 0 aliphatic carbocycles. The molecule has 3 amide bonds. The van der Waals surface area contributed by atoms with Crippen molar-refractivity contribution in [3.63, 3.8) is 0 Å². The van der Waals surface area contributed by atoms with E-state index in [0.29, 0.717) is 17.5 Å². The van der Waals surface area contributed by atoms with Crippen molar-refractivity contribution >= 4 is 23.7 Å². The number of nitrogens with zero attached hydrogens (tertiary/aromatic N) is 4. The fourth-order valence-electron chi connectivity index (χ4n) is 2.43. The second-order valence-corrected chi connectivity index (χ2v) is 7.04. The quantitative estimate of drug-likeness (QED) is 0.631. The van der Waals surface area contributed by atoms with Crippen molar-refractivity contribution in [2.24, 2.45) is 5.73 Å². The van der Waals surface area contributed by atoms with Crippen LogP contribution in [-0.4, -0.2) is 36.9 Å². The molecule has 0 bridgehead atoms. The van der Waals surface area contributed by atoms with Crippen LogP contribution in [0.2, 0.25) is 0 Å². The van der Waals surface area contributed by atoms with Crippen LogP contribution < -0.4 is 11.1 Å². The first-order valence-corrected chi connectivity index (χ1v) is 9.07. The van der Waals surface area contributed by atoms with Crippen molar-refractivity contribution in [3.05, 3.63) is 60.4 Å². The molecule has 0 saturated heterocycles. The number of hydrogen-bond acceptors (Lipinski definition) is 6. The number of thioether (sulfide) groups is 1. The van der Waals surface area contributed by atoms with Crippen molar-refractivity contribution in [2.45, 2.75) is 23.9 Å². The van der Waals surface area contributed by atoms with Gasteiger partial charge in [-0.1, -0.05) is 42.1 Å². The highest BCUT2D eigenvalue weighted by Gasteiger charge is 2.21. The third-order valence-corrected chi connectivity index (χ3v) is 4.82. The molecule has 0 aliphatic rings. The zero-order chi connectivity index (χ0) is 19.2. The summed E-state index contributed by atoms with van der Waals surface area (Å²) in [5.41, 5.74) is 6.96. The standard InChI is InChI=1S/C18H18N6O2S/c1-12(16(25)21-17(19)26)27-18-23-22-15(14-7-9-20-10-8-14)24(18)11-13-5-3-2-4-6-13/h2-10,12H,11H2,1H3,(H3,19,21,25,26)/t12-/m1/s1. The lowest BCUT2D eigenvalue weighted by Gasteiger charge is -2.13. The maximum Gasteiger partial charge on any atom is 0.318 e. The molecule has 2 heterocycles. The highest BCUT2D eigenvalue weighted by molar-refractivity contribution is 8.00.